The maximum absolute atomic E-state index is 12.9. The molecule has 0 radical (unpaired) electrons. The van der Waals surface area contributed by atoms with Gasteiger partial charge in [-0.2, -0.15) is 4.31 Å². The van der Waals surface area contributed by atoms with Crippen molar-refractivity contribution in [3.63, 3.8) is 0 Å². The molecule has 0 N–H and O–H groups in total. The van der Waals surface area contributed by atoms with E-state index in [1.807, 2.05) is 12.1 Å². The van der Waals surface area contributed by atoms with Crippen molar-refractivity contribution in [3.8, 4) is 0 Å². The maximum atomic E-state index is 12.9. The smallest absolute Gasteiger partial charge is 0.252 e. The Morgan fingerprint density at radius 3 is 1.79 bits per heavy atom. The second-order valence-corrected chi connectivity index (χ2v) is 11.4. The van der Waals surface area contributed by atoms with E-state index in [9.17, 15) is 8.42 Å². The predicted molar refractivity (Wildman–Crippen MR) is 117 cm³/mol. The lowest BCUT2D eigenvalue weighted by atomic mass is 9.96. The molecule has 0 bridgehead atoms. The quantitative estimate of drug-likeness (QED) is 0.539. The van der Waals surface area contributed by atoms with Crippen LogP contribution in [0.1, 0.15) is 17.2 Å². The number of benzene rings is 2. The highest BCUT2D eigenvalue weighted by molar-refractivity contribution is 9.11. The molecule has 1 aromatic heterocycles. The second kappa shape index (κ2) is 8.47. The zero-order chi connectivity index (χ0) is 19.6. The maximum Gasteiger partial charge on any atom is 0.252 e. The lowest BCUT2D eigenvalue weighted by molar-refractivity contribution is 0.156. The zero-order valence-electron chi connectivity index (χ0n) is 15.2. The summed E-state index contributed by atoms with van der Waals surface area (Å²) >= 11 is 4.62. The van der Waals surface area contributed by atoms with Gasteiger partial charge < -0.3 is 0 Å². The number of nitrogens with zero attached hydrogens (tertiary/aromatic N) is 2. The molecule has 0 atom stereocenters. The lowest BCUT2D eigenvalue weighted by Crippen LogP contribution is -2.49. The Balaban J connectivity index is 1.55. The first-order valence-electron chi connectivity index (χ1n) is 9.15. The van der Waals surface area contributed by atoms with E-state index in [1.54, 1.807) is 16.4 Å². The topological polar surface area (TPSA) is 40.6 Å². The van der Waals surface area contributed by atoms with Crippen LogP contribution in [0, 0.1) is 0 Å². The summed E-state index contributed by atoms with van der Waals surface area (Å²) in [5.74, 6) is 0. The van der Waals surface area contributed by atoms with Gasteiger partial charge in [0.25, 0.3) is 10.0 Å². The number of hydrogen-bond acceptors (Lipinski definition) is 4. The van der Waals surface area contributed by atoms with Crippen molar-refractivity contribution < 1.29 is 8.42 Å². The van der Waals surface area contributed by atoms with Gasteiger partial charge >= 0.3 is 0 Å². The first-order chi connectivity index (χ1) is 13.6. The summed E-state index contributed by atoms with van der Waals surface area (Å²) in [6.07, 6.45) is 0. The Kier molecular flexibility index (Phi) is 5.99. The van der Waals surface area contributed by atoms with E-state index in [0.29, 0.717) is 30.4 Å². The normalized spacial score (nSPS) is 16.5. The molecule has 7 heteroatoms. The van der Waals surface area contributed by atoms with Gasteiger partial charge in [-0.05, 0) is 39.2 Å². The third-order valence-corrected chi connectivity index (χ3v) is 9.00. The lowest BCUT2D eigenvalue weighted by Gasteiger charge is -2.39. The Morgan fingerprint density at radius 2 is 1.32 bits per heavy atom. The Bertz CT molecular complexity index is 975. The molecular weight excluding hydrogens is 456 g/mol. The fourth-order valence-corrected chi connectivity index (χ4v) is 7.24. The van der Waals surface area contributed by atoms with Gasteiger partial charge in [0.2, 0.25) is 0 Å². The van der Waals surface area contributed by atoms with Gasteiger partial charge in [0, 0.05) is 26.2 Å². The molecule has 2 heterocycles. The number of halogens is 1. The summed E-state index contributed by atoms with van der Waals surface area (Å²) in [4.78, 5) is 2.38. The van der Waals surface area contributed by atoms with Crippen molar-refractivity contribution in [2.75, 3.05) is 26.2 Å². The summed E-state index contributed by atoms with van der Waals surface area (Å²) in [6, 6.07) is 24.4. The van der Waals surface area contributed by atoms with Gasteiger partial charge in [-0.1, -0.05) is 60.7 Å². The van der Waals surface area contributed by atoms with Crippen LogP contribution in [0.3, 0.4) is 0 Å². The van der Waals surface area contributed by atoms with Crippen LogP contribution in [0.15, 0.2) is 80.8 Å². The minimum absolute atomic E-state index is 0.128. The van der Waals surface area contributed by atoms with Gasteiger partial charge in [-0.15, -0.1) is 11.3 Å². The van der Waals surface area contributed by atoms with E-state index >= 15 is 0 Å². The Morgan fingerprint density at radius 1 is 0.786 bits per heavy atom. The molecule has 3 aromatic rings. The van der Waals surface area contributed by atoms with E-state index < -0.39 is 10.0 Å². The number of sulfonamides is 1. The van der Waals surface area contributed by atoms with Gasteiger partial charge in [0.1, 0.15) is 4.21 Å². The fraction of sp³-hybridized carbons (Fsp3) is 0.238. The molecule has 1 aliphatic heterocycles. The molecule has 1 saturated heterocycles. The monoisotopic (exact) mass is 476 g/mol. The number of hydrogen-bond donors (Lipinski definition) is 0. The van der Waals surface area contributed by atoms with Crippen molar-refractivity contribution in [2.45, 2.75) is 10.3 Å². The highest BCUT2D eigenvalue weighted by Gasteiger charge is 2.32. The molecule has 0 saturated carbocycles. The summed E-state index contributed by atoms with van der Waals surface area (Å²) in [7, 11) is -3.42. The Labute approximate surface area is 178 Å². The molecule has 2 aromatic carbocycles. The van der Waals surface area contributed by atoms with Crippen molar-refractivity contribution in [1.82, 2.24) is 9.21 Å². The Hall–Kier alpha value is -1.51. The molecule has 0 aliphatic carbocycles. The van der Waals surface area contributed by atoms with E-state index in [-0.39, 0.29) is 6.04 Å². The summed E-state index contributed by atoms with van der Waals surface area (Å²) < 4.78 is 28.7. The van der Waals surface area contributed by atoms with Crippen LogP contribution in [0.25, 0.3) is 0 Å². The van der Waals surface area contributed by atoms with Crippen LogP contribution < -0.4 is 0 Å². The third kappa shape index (κ3) is 4.09. The first kappa shape index (κ1) is 19.8. The highest BCUT2D eigenvalue weighted by atomic mass is 79.9. The summed E-state index contributed by atoms with van der Waals surface area (Å²) in [5.41, 5.74) is 2.46. The van der Waals surface area contributed by atoms with Gasteiger partial charge in [0.05, 0.1) is 9.83 Å². The molecule has 1 fully saturated rings. The second-order valence-electron chi connectivity index (χ2n) is 6.72. The summed E-state index contributed by atoms with van der Waals surface area (Å²) in [5, 5.41) is 0. The van der Waals surface area contributed by atoms with Crippen molar-refractivity contribution in [2.24, 2.45) is 0 Å². The first-order valence-corrected chi connectivity index (χ1v) is 12.2. The SMILES string of the molecule is O=S(=O)(c1ccc(Br)s1)N1CCN(C(c2ccccc2)c2ccccc2)CC1. The van der Waals surface area contributed by atoms with Gasteiger partial charge in [0.15, 0.2) is 0 Å². The van der Waals surface area contributed by atoms with E-state index in [0.717, 1.165) is 3.79 Å². The molecule has 4 rings (SSSR count). The van der Waals surface area contributed by atoms with E-state index in [2.05, 4.69) is 69.4 Å². The fourth-order valence-electron chi connectivity index (χ4n) is 3.65. The van der Waals surface area contributed by atoms with Gasteiger partial charge in [-0.25, -0.2) is 8.42 Å². The predicted octanol–water partition coefficient (Wildman–Crippen LogP) is 4.61. The average Bonchev–Trinajstić information content (AvgIpc) is 3.18. The minimum Gasteiger partial charge on any atom is -0.290 e. The molecule has 0 spiro atoms. The highest BCUT2D eigenvalue weighted by Crippen LogP contribution is 2.32. The van der Waals surface area contributed by atoms with Gasteiger partial charge in [-0.3, -0.25) is 4.90 Å². The molecule has 1 aliphatic rings. The standard InChI is InChI=1S/C21H21BrN2O2S2/c22-19-11-12-20(27-19)28(25,26)24-15-13-23(14-16-24)21(17-7-3-1-4-8-17)18-9-5-2-6-10-18/h1-12,21H,13-16H2. The molecule has 0 amide bonds. The largest absolute Gasteiger partial charge is 0.290 e. The molecule has 4 nitrogen and oxygen atoms in total. The zero-order valence-corrected chi connectivity index (χ0v) is 18.5. The molecular formula is C21H21BrN2O2S2. The van der Waals surface area contributed by atoms with Crippen LogP contribution in [0.2, 0.25) is 0 Å². The third-order valence-electron chi connectivity index (χ3n) is 5.01. The van der Waals surface area contributed by atoms with E-state index in [4.69, 9.17) is 0 Å². The van der Waals surface area contributed by atoms with Crippen LogP contribution in [0.4, 0.5) is 0 Å². The number of piperazine rings is 1. The van der Waals surface area contributed by atoms with Crippen molar-refractivity contribution in [1.29, 1.82) is 0 Å². The van der Waals surface area contributed by atoms with Crippen molar-refractivity contribution in [3.05, 3.63) is 87.7 Å². The minimum atomic E-state index is -3.42. The van der Waals surface area contributed by atoms with E-state index in [1.165, 1.54) is 22.5 Å². The molecule has 28 heavy (non-hydrogen) atoms. The molecule has 0 unspecified atom stereocenters. The van der Waals surface area contributed by atoms with Crippen LogP contribution in [0.5, 0.6) is 0 Å². The summed E-state index contributed by atoms with van der Waals surface area (Å²) in [6.45, 7) is 2.38. The van der Waals surface area contributed by atoms with Crippen LogP contribution >= 0.6 is 27.3 Å². The molecule has 146 valence electrons. The van der Waals surface area contributed by atoms with Crippen LogP contribution in [-0.4, -0.2) is 43.8 Å². The number of thiophene rings is 1. The van der Waals surface area contributed by atoms with Crippen molar-refractivity contribution >= 4 is 37.3 Å². The average molecular weight is 477 g/mol. The van der Waals surface area contributed by atoms with Crippen LogP contribution in [-0.2, 0) is 10.0 Å². The number of rotatable bonds is 5.